The molecule has 0 amide bonds. The van der Waals surface area contributed by atoms with E-state index in [9.17, 15) is 0 Å². The summed E-state index contributed by atoms with van der Waals surface area (Å²) < 4.78 is 11.7. The molecule has 4 heteroatoms. The van der Waals surface area contributed by atoms with Crippen LogP contribution in [0.3, 0.4) is 0 Å². The first-order valence-electron chi connectivity index (χ1n) is 7.05. The molecule has 2 fully saturated rings. The van der Waals surface area contributed by atoms with Gasteiger partial charge in [-0.1, -0.05) is 33.1 Å². The molecule has 0 aromatic rings. The molecule has 0 atom stereocenters. The third-order valence-electron chi connectivity index (χ3n) is 4.49. The lowest BCUT2D eigenvalue weighted by molar-refractivity contribution is 0.0595. The van der Waals surface area contributed by atoms with E-state index in [0.717, 1.165) is 31.2 Å². The minimum Gasteiger partial charge on any atom is -0.329 e. The normalized spacial score (nSPS) is 43.5. The Morgan fingerprint density at radius 2 is 1.59 bits per heavy atom. The molecule has 1 saturated heterocycles. The van der Waals surface area contributed by atoms with Crippen molar-refractivity contribution in [1.29, 1.82) is 0 Å². The van der Waals surface area contributed by atoms with E-state index in [1.165, 1.54) is 32.1 Å². The van der Waals surface area contributed by atoms with E-state index < -0.39 is 6.49 Å². The second-order valence-corrected chi connectivity index (χ2v) is 9.51. The Morgan fingerprint density at radius 3 is 2.06 bits per heavy atom. The van der Waals surface area contributed by atoms with E-state index in [-0.39, 0.29) is 0 Å². The van der Waals surface area contributed by atoms with E-state index in [1.54, 1.807) is 0 Å². The highest BCUT2D eigenvalue weighted by atomic mass is 32.5. The molecule has 2 rings (SSSR count). The second kappa shape index (κ2) is 6.14. The van der Waals surface area contributed by atoms with Crippen LogP contribution in [0.2, 0.25) is 0 Å². The predicted molar refractivity (Wildman–Crippen MR) is 76.0 cm³/mol. The Hall–Kier alpha value is 0.570. The van der Waals surface area contributed by atoms with Crippen LogP contribution in [-0.2, 0) is 20.9 Å². The molecule has 0 bridgehead atoms. The molecule has 17 heavy (non-hydrogen) atoms. The number of hydrogen-bond acceptors (Lipinski definition) is 3. The quantitative estimate of drug-likeness (QED) is 0.720. The molecule has 0 unspecified atom stereocenters. The highest BCUT2D eigenvalue weighted by molar-refractivity contribution is 8.09. The number of hydrogen-bond donors (Lipinski definition) is 0. The van der Waals surface area contributed by atoms with Crippen molar-refractivity contribution in [3.8, 4) is 0 Å². The van der Waals surface area contributed by atoms with Crippen LogP contribution in [0.1, 0.15) is 46.0 Å². The Bertz CT molecular complexity index is 275. The molecular weight excluding hydrogens is 251 g/mol. The smallest absolute Gasteiger partial charge is 0.188 e. The Morgan fingerprint density at radius 1 is 1.00 bits per heavy atom. The van der Waals surface area contributed by atoms with Gasteiger partial charge in [-0.3, -0.25) is 0 Å². The first kappa shape index (κ1) is 14.0. The summed E-state index contributed by atoms with van der Waals surface area (Å²) in [5, 5.41) is 0. The Kier molecular flexibility index (Phi) is 5.06. The molecule has 2 aliphatic rings. The highest BCUT2D eigenvalue weighted by Gasteiger charge is 2.33. The minimum absolute atomic E-state index is 0.607. The summed E-state index contributed by atoms with van der Waals surface area (Å²) in [6, 6.07) is 0. The van der Waals surface area contributed by atoms with Gasteiger partial charge in [-0.05, 0) is 36.5 Å². The highest BCUT2D eigenvalue weighted by Crippen LogP contribution is 2.53. The molecule has 0 aromatic heterocycles. The van der Waals surface area contributed by atoms with Gasteiger partial charge in [0.15, 0.2) is 6.49 Å². The van der Waals surface area contributed by atoms with Crippen molar-refractivity contribution < 1.29 is 9.05 Å². The largest absolute Gasteiger partial charge is 0.329 e. The summed E-state index contributed by atoms with van der Waals surface area (Å²) in [6.45, 7) is 4.23. The van der Waals surface area contributed by atoms with Crippen LogP contribution in [0.15, 0.2) is 0 Å². The Balaban J connectivity index is 1.80. The molecule has 0 aromatic carbocycles. The molecule has 0 spiro atoms. The van der Waals surface area contributed by atoms with Gasteiger partial charge in [0.1, 0.15) is 0 Å². The second-order valence-electron chi connectivity index (χ2n) is 5.47. The van der Waals surface area contributed by atoms with Crippen molar-refractivity contribution >= 4 is 18.3 Å². The summed E-state index contributed by atoms with van der Waals surface area (Å²) in [7, 11) is 0. The zero-order valence-electron chi connectivity index (χ0n) is 11.1. The molecule has 1 aliphatic heterocycles. The van der Waals surface area contributed by atoms with Crippen LogP contribution in [0, 0.1) is 17.8 Å². The summed E-state index contributed by atoms with van der Waals surface area (Å²) in [4.78, 5) is 0. The van der Waals surface area contributed by atoms with Gasteiger partial charge in [-0.2, -0.15) is 0 Å². The van der Waals surface area contributed by atoms with E-state index >= 15 is 0 Å². The van der Waals surface area contributed by atoms with Crippen molar-refractivity contribution in [3.63, 3.8) is 0 Å². The molecule has 0 N–H and O–H groups in total. The zero-order chi connectivity index (χ0) is 12.3. The average molecular weight is 276 g/mol. The third kappa shape index (κ3) is 3.53. The molecule has 100 valence electrons. The summed E-state index contributed by atoms with van der Waals surface area (Å²) in [5.41, 5.74) is 0. The van der Waals surface area contributed by atoms with Crippen LogP contribution >= 0.6 is 6.49 Å². The molecule has 1 saturated carbocycles. The van der Waals surface area contributed by atoms with Crippen LogP contribution in [0.25, 0.3) is 0 Å². The van der Waals surface area contributed by atoms with E-state index in [1.807, 2.05) is 0 Å². The zero-order valence-corrected chi connectivity index (χ0v) is 12.8. The molecule has 0 radical (unpaired) electrons. The molecule has 1 heterocycles. The van der Waals surface area contributed by atoms with Gasteiger partial charge in [0.25, 0.3) is 0 Å². The maximum absolute atomic E-state index is 5.84. The predicted octanol–water partition coefficient (Wildman–Crippen LogP) is 4.20. The van der Waals surface area contributed by atoms with Gasteiger partial charge in [-0.15, -0.1) is 0 Å². The summed E-state index contributed by atoms with van der Waals surface area (Å²) in [6.07, 6.45) is 7.76. The lowest BCUT2D eigenvalue weighted by Gasteiger charge is -2.38. The molecule has 2 nitrogen and oxygen atoms in total. The summed E-state index contributed by atoms with van der Waals surface area (Å²) >= 11 is 5.41. The standard InChI is InChI=1S/C13H25O2PS/c1-3-11-5-7-12(8-6-11)13-9-14-16(17,4-2)15-10-13/h11-13H,3-10H2,1-2H3. The van der Waals surface area contributed by atoms with Crippen molar-refractivity contribution in [2.45, 2.75) is 46.0 Å². The van der Waals surface area contributed by atoms with Gasteiger partial charge < -0.3 is 9.05 Å². The fraction of sp³-hybridized carbons (Fsp3) is 1.00. The lowest BCUT2D eigenvalue weighted by atomic mass is 9.75. The fourth-order valence-electron chi connectivity index (χ4n) is 3.03. The maximum Gasteiger partial charge on any atom is 0.188 e. The first-order valence-corrected chi connectivity index (χ1v) is 9.87. The van der Waals surface area contributed by atoms with E-state index in [2.05, 4.69) is 13.8 Å². The van der Waals surface area contributed by atoms with Gasteiger partial charge in [0.05, 0.1) is 13.2 Å². The van der Waals surface area contributed by atoms with Crippen LogP contribution in [-0.4, -0.2) is 19.4 Å². The minimum atomic E-state index is -1.87. The topological polar surface area (TPSA) is 18.5 Å². The van der Waals surface area contributed by atoms with Crippen molar-refractivity contribution in [2.75, 3.05) is 19.4 Å². The van der Waals surface area contributed by atoms with Crippen LogP contribution in [0.5, 0.6) is 0 Å². The third-order valence-corrected chi connectivity index (χ3v) is 7.76. The first-order chi connectivity index (χ1) is 8.17. The average Bonchev–Trinajstić information content (AvgIpc) is 2.40. The molecule has 1 aliphatic carbocycles. The maximum atomic E-state index is 5.84. The Labute approximate surface area is 111 Å². The van der Waals surface area contributed by atoms with Gasteiger partial charge in [-0.25, -0.2) is 0 Å². The number of rotatable bonds is 3. The van der Waals surface area contributed by atoms with Gasteiger partial charge >= 0.3 is 0 Å². The van der Waals surface area contributed by atoms with E-state index in [0.29, 0.717) is 5.92 Å². The van der Waals surface area contributed by atoms with E-state index in [4.69, 9.17) is 20.9 Å². The SMILES string of the molecule is CCC1CCC(C2COP(=S)(CC)OC2)CC1. The molecular formula is C13H25O2PS. The monoisotopic (exact) mass is 276 g/mol. The van der Waals surface area contributed by atoms with Crippen molar-refractivity contribution in [3.05, 3.63) is 0 Å². The van der Waals surface area contributed by atoms with Gasteiger partial charge in [0, 0.05) is 12.1 Å². The van der Waals surface area contributed by atoms with Crippen LogP contribution in [0.4, 0.5) is 0 Å². The van der Waals surface area contributed by atoms with Crippen molar-refractivity contribution in [2.24, 2.45) is 17.8 Å². The van der Waals surface area contributed by atoms with Crippen LogP contribution < -0.4 is 0 Å². The van der Waals surface area contributed by atoms with Crippen molar-refractivity contribution in [1.82, 2.24) is 0 Å². The fourth-order valence-corrected chi connectivity index (χ4v) is 4.67. The lowest BCUT2D eigenvalue weighted by Crippen LogP contribution is -2.31. The summed E-state index contributed by atoms with van der Waals surface area (Å²) in [5.74, 6) is 2.40. The van der Waals surface area contributed by atoms with Gasteiger partial charge in [0.2, 0.25) is 0 Å².